The highest BCUT2D eigenvalue weighted by Gasteiger charge is 2.31. The summed E-state index contributed by atoms with van der Waals surface area (Å²) in [5, 5.41) is 2.66. The molecule has 1 aliphatic heterocycles. The van der Waals surface area contributed by atoms with E-state index in [2.05, 4.69) is 10.3 Å². The van der Waals surface area contributed by atoms with Crippen LogP contribution in [0.4, 0.5) is 6.01 Å². The minimum Gasteiger partial charge on any atom is -0.424 e. The molecule has 96 valence electrons. The van der Waals surface area contributed by atoms with Gasteiger partial charge in [-0.05, 0) is 25.0 Å². The van der Waals surface area contributed by atoms with Gasteiger partial charge in [0.25, 0.3) is 6.01 Å². The molecule has 0 radical (unpaired) electrons. The molecule has 2 heterocycles. The van der Waals surface area contributed by atoms with Crippen LogP contribution in [0.15, 0.2) is 28.7 Å². The summed E-state index contributed by atoms with van der Waals surface area (Å²) in [4.78, 5) is 4.25. The van der Waals surface area contributed by atoms with Gasteiger partial charge in [0, 0.05) is 6.54 Å². The van der Waals surface area contributed by atoms with Crippen molar-refractivity contribution in [3.63, 3.8) is 0 Å². The van der Waals surface area contributed by atoms with E-state index >= 15 is 0 Å². The highest BCUT2D eigenvalue weighted by molar-refractivity contribution is 7.92. The Kier molecular flexibility index (Phi) is 2.74. The van der Waals surface area contributed by atoms with Crippen LogP contribution in [0.2, 0.25) is 0 Å². The molecule has 1 N–H and O–H groups in total. The lowest BCUT2D eigenvalue weighted by Gasteiger charge is -2.08. The summed E-state index contributed by atoms with van der Waals surface area (Å²) in [5.41, 5.74) is 1.48. The number of para-hydroxylation sites is 2. The summed E-state index contributed by atoms with van der Waals surface area (Å²) >= 11 is 0. The molecule has 6 heteroatoms. The molecule has 1 aromatic heterocycles. The second kappa shape index (κ2) is 4.28. The second-order valence-corrected chi connectivity index (χ2v) is 6.90. The number of hydrogen-bond donors (Lipinski definition) is 1. The van der Waals surface area contributed by atoms with E-state index < -0.39 is 9.84 Å². The number of sulfone groups is 1. The summed E-state index contributed by atoms with van der Waals surface area (Å²) in [7, 11) is -2.92. The number of fused-ring (bicyclic) bond motifs is 1. The quantitative estimate of drug-likeness (QED) is 0.917. The molecule has 1 saturated heterocycles. The van der Waals surface area contributed by atoms with Crippen molar-refractivity contribution in [3.8, 4) is 0 Å². The van der Waals surface area contributed by atoms with Crippen LogP contribution in [0.25, 0.3) is 11.1 Å². The number of nitrogens with zero attached hydrogens (tertiary/aromatic N) is 1. The van der Waals surface area contributed by atoms with Crippen LogP contribution in [0.5, 0.6) is 0 Å². The average molecular weight is 266 g/mol. The number of rotatable bonds is 3. The minimum absolute atomic E-state index is 0.299. The summed E-state index contributed by atoms with van der Waals surface area (Å²) < 4.78 is 28.8. The maximum absolute atomic E-state index is 11.7. The van der Waals surface area contributed by atoms with Crippen LogP contribution < -0.4 is 5.32 Å². The fraction of sp³-hybridized carbons (Fsp3) is 0.417. The third kappa shape index (κ3) is 2.08. The maximum atomic E-state index is 11.7. The first kappa shape index (κ1) is 11.5. The molecule has 18 heavy (non-hydrogen) atoms. The Bertz CT molecular complexity index is 630. The lowest BCUT2D eigenvalue weighted by atomic mass is 10.2. The van der Waals surface area contributed by atoms with Crippen LogP contribution in [-0.4, -0.2) is 30.9 Å². The largest absolute Gasteiger partial charge is 0.424 e. The topological polar surface area (TPSA) is 72.2 Å². The van der Waals surface area contributed by atoms with Gasteiger partial charge in [-0.1, -0.05) is 12.1 Å². The molecule has 1 fully saturated rings. The first-order valence-electron chi connectivity index (χ1n) is 5.96. The zero-order chi connectivity index (χ0) is 12.6. The Labute approximate surface area is 105 Å². The summed E-state index contributed by atoms with van der Waals surface area (Å²) in [5.74, 6) is 0.299. The van der Waals surface area contributed by atoms with E-state index in [9.17, 15) is 8.42 Å². The minimum atomic E-state index is -2.92. The standard InChI is InChI=1S/C12H14N2O3S/c15-18(16)7-3-4-9(18)8-13-12-14-10-5-1-2-6-11(10)17-12/h1-2,5-6,9H,3-4,7-8H2,(H,13,14). The zero-order valence-corrected chi connectivity index (χ0v) is 10.6. The number of benzene rings is 1. The van der Waals surface area contributed by atoms with E-state index in [0.29, 0.717) is 23.9 Å². The SMILES string of the molecule is O=S1(=O)CCCC1CNc1nc2ccccc2o1. The number of oxazole rings is 1. The highest BCUT2D eigenvalue weighted by atomic mass is 32.2. The molecule has 0 spiro atoms. The van der Waals surface area contributed by atoms with Crippen LogP contribution in [0.1, 0.15) is 12.8 Å². The van der Waals surface area contributed by atoms with E-state index in [4.69, 9.17) is 4.42 Å². The van der Waals surface area contributed by atoms with Crippen molar-refractivity contribution < 1.29 is 12.8 Å². The Morgan fingerprint density at radius 1 is 1.39 bits per heavy atom. The highest BCUT2D eigenvalue weighted by Crippen LogP contribution is 2.22. The number of hydrogen-bond acceptors (Lipinski definition) is 5. The Balaban J connectivity index is 1.73. The molecule has 0 saturated carbocycles. The van der Waals surface area contributed by atoms with E-state index in [0.717, 1.165) is 18.4 Å². The van der Waals surface area contributed by atoms with Crippen molar-refractivity contribution >= 4 is 27.0 Å². The Morgan fingerprint density at radius 3 is 2.94 bits per heavy atom. The maximum Gasteiger partial charge on any atom is 0.295 e. The summed E-state index contributed by atoms with van der Waals surface area (Å²) in [6.45, 7) is 0.370. The van der Waals surface area contributed by atoms with E-state index in [1.54, 1.807) is 0 Å². The van der Waals surface area contributed by atoms with Gasteiger partial charge >= 0.3 is 0 Å². The average Bonchev–Trinajstić information content (AvgIpc) is 2.89. The Morgan fingerprint density at radius 2 is 2.22 bits per heavy atom. The van der Waals surface area contributed by atoms with Crippen molar-refractivity contribution in [2.75, 3.05) is 17.6 Å². The number of nitrogens with one attached hydrogen (secondary N) is 1. The van der Waals surface area contributed by atoms with Crippen molar-refractivity contribution in [3.05, 3.63) is 24.3 Å². The second-order valence-electron chi connectivity index (χ2n) is 4.50. The van der Waals surface area contributed by atoms with Gasteiger partial charge in [0.2, 0.25) is 0 Å². The van der Waals surface area contributed by atoms with E-state index in [1.807, 2.05) is 24.3 Å². The first-order valence-corrected chi connectivity index (χ1v) is 7.68. The van der Waals surface area contributed by atoms with Crippen LogP contribution in [-0.2, 0) is 9.84 Å². The van der Waals surface area contributed by atoms with Crippen molar-refractivity contribution in [2.24, 2.45) is 0 Å². The fourth-order valence-corrected chi connectivity index (χ4v) is 4.00. The molecule has 1 aromatic carbocycles. The first-order chi connectivity index (χ1) is 8.65. The van der Waals surface area contributed by atoms with Gasteiger partial charge in [-0.2, -0.15) is 4.98 Å². The summed E-state index contributed by atoms with van der Waals surface area (Å²) in [6.07, 6.45) is 1.47. The van der Waals surface area contributed by atoms with Crippen LogP contribution in [0.3, 0.4) is 0 Å². The van der Waals surface area contributed by atoms with E-state index in [-0.39, 0.29) is 5.25 Å². The third-order valence-electron chi connectivity index (χ3n) is 3.24. The molecule has 1 aliphatic rings. The van der Waals surface area contributed by atoms with Gasteiger partial charge in [0.1, 0.15) is 5.52 Å². The number of anilines is 1. The van der Waals surface area contributed by atoms with Crippen LogP contribution >= 0.6 is 0 Å². The molecule has 1 atom stereocenters. The molecule has 2 aromatic rings. The molecule has 0 aliphatic carbocycles. The van der Waals surface area contributed by atoms with E-state index in [1.165, 1.54) is 0 Å². The predicted molar refractivity (Wildman–Crippen MR) is 69.3 cm³/mol. The fourth-order valence-electron chi connectivity index (χ4n) is 2.24. The number of aromatic nitrogens is 1. The van der Waals surface area contributed by atoms with Gasteiger partial charge in [0.15, 0.2) is 15.4 Å². The molecule has 1 unspecified atom stereocenters. The lowest BCUT2D eigenvalue weighted by Crippen LogP contribution is -2.25. The third-order valence-corrected chi connectivity index (χ3v) is 5.51. The van der Waals surface area contributed by atoms with Crippen LogP contribution in [0, 0.1) is 0 Å². The van der Waals surface area contributed by atoms with Gasteiger partial charge in [-0.15, -0.1) is 0 Å². The van der Waals surface area contributed by atoms with Gasteiger partial charge in [-0.3, -0.25) is 0 Å². The molecular formula is C12H14N2O3S. The van der Waals surface area contributed by atoms with Gasteiger partial charge in [-0.25, -0.2) is 8.42 Å². The molecule has 3 rings (SSSR count). The van der Waals surface area contributed by atoms with Crippen molar-refractivity contribution in [2.45, 2.75) is 18.1 Å². The van der Waals surface area contributed by atoms with Crippen molar-refractivity contribution in [1.82, 2.24) is 4.98 Å². The molecule has 5 nitrogen and oxygen atoms in total. The van der Waals surface area contributed by atoms with Gasteiger partial charge < -0.3 is 9.73 Å². The smallest absolute Gasteiger partial charge is 0.295 e. The predicted octanol–water partition coefficient (Wildman–Crippen LogP) is 1.82. The normalized spacial score (nSPS) is 22.3. The lowest BCUT2D eigenvalue weighted by molar-refractivity contribution is 0.587. The molecule has 0 bridgehead atoms. The molecular weight excluding hydrogens is 252 g/mol. The summed E-state index contributed by atoms with van der Waals surface area (Å²) in [6, 6.07) is 7.84. The zero-order valence-electron chi connectivity index (χ0n) is 9.80. The van der Waals surface area contributed by atoms with Crippen molar-refractivity contribution in [1.29, 1.82) is 0 Å². The monoisotopic (exact) mass is 266 g/mol. The molecule has 0 amide bonds. The Hall–Kier alpha value is -1.56. The van der Waals surface area contributed by atoms with Gasteiger partial charge in [0.05, 0.1) is 11.0 Å².